The Balaban J connectivity index is 1.39. The lowest BCUT2D eigenvalue weighted by Gasteiger charge is -2.26. The second-order valence-electron chi connectivity index (χ2n) is 9.63. The molecule has 4 aromatic heterocycles. The van der Waals surface area contributed by atoms with Gasteiger partial charge in [-0.05, 0) is 43.7 Å². The van der Waals surface area contributed by atoms with E-state index in [0.29, 0.717) is 57.4 Å². The predicted molar refractivity (Wildman–Crippen MR) is 141 cm³/mol. The Bertz CT molecular complexity index is 1540. The van der Waals surface area contributed by atoms with E-state index < -0.39 is 11.4 Å². The van der Waals surface area contributed by atoms with Gasteiger partial charge in [-0.15, -0.1) is 5.14 Å². The number of fused-ring (bicyclic) bond motifs is 1. The fraction of sp³-hybridized carbons (Fsp3) is 0.400. The molecular formula is C25H27N9O3S. The standard InChI is InChI=1S/C25H27N9O3S/c1-37-24-19(20(15-5-6-15)30-13-31-24)21-29-11-18-23(33-21)34(12-14-3-2-4-14)25(35)22(32-18)28-9-16-7-8-17(10-27-16)38(26)36/h7-8,10-11,13-15H,2-6,9,12,26H2,1H3,(H,28,32). The summed E-state index contributed by atoms with van der Waals surface area (Å²) in [5, 5.41) is 8.51. The number of nitrogens with one attached hydrogen (secondary N) is 1. The van der Waals surface area contributed by atoms with Crippen LogP contribution >= 0.6 is 0 Å². The summed E-state index contributed by atoms with van der Waals surface area (Å²) >= 11 is -1.60. The van der Waals surface area contributed by atoms with Gasteiger partial charge in [0.05, 0.1) is 48.8 Å². The highest BCUT2D eigenvalue weighted by Gasteiger charge is 2.32. The zero-order valence-electron chi connectivity index (χ0n) is 20.8. The average Bonchev–Trinajstić information content (AvgIpc) is 3.75. The van der Waals surface area contributed by atoms with Crippen LogP contribution in [0.5, 0.6) is 5.88 Å². The minimum Gasteiger partial charge on any atom is -0.593 e. The third kappa shape index (κ3) is 4.79. The van der Waals surface area contributed by atoms with Crippen molar-refractivity contribution in [1.29, 1.82) is 0 Å². The normalized spacial score (nSPS) is 16.3. The van der Waals surface area contributed by atoms with Crippen LogP contribution in [0.4, 0.5) is 5.82 Å². The fourth-order valence-electron chi connectivity index (χ4n) is 4.60. The maximum absolute atomic E-state index is 13.6. The van der Waals surface area contributed by atoms with Crippen LogP contribution in [-0.2, 0) is 24.5 Å². The topological polar surface area (TPSA) is 170 Å². The molecule has 13 heteroatoms. The summed E-state index contributed by atoms with van der Waals surface area (Å²) in [4.78, 5) is 41.1. The van der Waals surface area contributed by atoms with Gasteiger partial charge in [-0.2, -0.15) is 0 Å². The number of hydrogen-bond donors (Lipinski definition) is 2. The quantitative estimate of drug-likeness (QED) is 0.303. The van der Waals surface area contributed by atoms with Crippen LogP contribution in [0.2, 0.25) is 0 Å². The number of hydrogen-bond acceptors (Lipinski definition) is 11. The van der Waals surface area contributed by atoms with Crippen LogP contribution in [0.3, 0.4) is 0 Å². The minimum atomic E-state index is -1.60. The van der Waals surface area contributed by atoms with Gasteiger partial charge in [0.1, 0.15) is 17.4 Å². The molecule has 0 saturated heterocycles. The Kier molecular flexibility index (Phi) is 6.64. The van der Waals surface area contributed by atoms with Gasteiger partial charge in [0.2, 0.25) is 5.88 Å². The highest BCUT2D eigenvalue weighted by molar-refractivity contribution is 7.89. The molecule has 12 nitrogen and oxygen atoms in total. The van der Waals surface area contributed by atoms with E-state index in [1.54, 1.807) is 30.0 Å². The third-order valence-corrected chi connectivity index (χ3v) is 7.75. The van der Waals surface area contributed by atoms with E-state index in [9.17, 15) is 9.35 Å². The molecule has 2 aliphatic rings. The van der Waals surface area contributed by atoms with Gasteiger partial charge in [0.15, 0.2) is 22.2 Å². The second-order valence-corrected chi connectivity index (χ2v) is 10.7. The molecule has 0 amide bonds. The van der Waals surface area contributed by atoms with Crippen molar-refractivity contribution in [2.75, 3.05) is 12.4 Å². The van der Waals surface area contributed by atoms with Gasteiger partial charge in [0.25, 0.3) is 5.56 Å². The average molecular weight is 534 g/mol. The van der Waals surface area contributed by atoms with E-state index in [4.69, 9.17) is 14.9 Å². The van der Waals surface area contributed by atoms with Crippen molar-refractivity contribution >= 4 is 28.3 Å². The second kappa shape index (κ2) is 10.2. The molecule has 0 spiro atoms. The fourth-order valence-corrected chi connectivity index (χ4v) is 4.96. The molecular weight excluding hydrogens is 506 g/mol. The first kappa shape index (κ1) is 24.6. The first-order valence-electron chi connectivity index (χ1n) is 12.5. The van der Waals surface area contributed by atoms with E-state index in [-0.39, 0.29) is 17.9 Å². The summed E-state index contributed by atoms with van der Waals surface area (Å²) in [6.07, 6.45) is 9.99. The van der Waals surface area contributed by atoms with Crippen molar-refractivity contribution in [2.45, 2.75) is 56.0 Å². The van der Waals surface area contributed by atoms with Gasteiger partial charge in [0, 0.05) is 12.5 Å². The van der Waals surface area contributed by atoms with E-state index in [1.807, 2.05) is 0 Å². The number of pyridine rings is 1. The van der Waals surface area contributed by atoms with Crippen LogP contribution in [0, 0.1) is 5.92 Å². The molecule has 3 N–H and O–H groups in total. The van der Waals surface area contributed by atoms with Gasteiger partial charge in [-0.1, -0.05) is 6.42 Å². The lowest BCUT2D eigenvalue weighted by atomic mass is 9.85. The Labute approximate surface area is 221 Å². The maximum atomic E-state index is 13.6. The van der Waals surface area contributed by atoms with E-state index in [0.717, 1.165) is 37.8 Å². The summed E-state index contributed by atoms with van der Waals surface area (Å²) in [6.45, 7) is 0.813. The Morgan fingerprint density at radius 2 is 1.97 bits per heavy atom. The van der Waals surface area contributed by atoms with Crippen LogP contribution in [-0.4, -0.2) is 46.1 Å². The largest absolute Gasteiger partial charge is 0.593 e. The van der Waals surface area contributed by atoms with Crippen molar-refractivity contribution in [3.8, 4) is 17.3 Å². The maximum Gasteiger partial charge on any atom is 0.294 e. The number of methoxy groups -OCH3 is 1. The monoisotopic (exact) mass is 533 g/mol. The minimum absolute atomic E-state index is 0.195. The molecule has 196 valence electrons. The van der Waals surface area contributed by atoms with Crippen molar-refractivity contribution < 1.29 is 9.29 Å². The Morgan fingerprint density at radius 3 is 2.63 bits per heavy atom. The van der Waals surface area contributed by atoms with Crippen molar-refractivity contribution in [3.63, 3.8) is 0 Å². The summed E-state index contributed by atoms with van der Waals surface area (Å²) in [5.41, 5.74) is 2.90. The molecule has 4 heterocycles. The Hall–Kier alpha value is -3.68. The van der Waals surface area contributed by atoms with Gasteiger partial charge < -0.3 is 14.6 Å². The molecule has 38 heavy (non-hydrogen) atoms. The molecule has 0 aliphatic heterocycles. The first-order valence-corrected chi connectivity index (χ1v) is 13.7. The molecule has 6 rings (SSSR count). The first-order chi connectivity index (χ1) is 18.5. The summed E-state index contributed by atoms with van der Waals surface area (Å²) in [7, 11) is 1.56. The molecule has 1 unspecified atom stereocenters. The summed E-state index contributed by atoms with van der Waals surface area (Å²) in [5.74, 6) is 1.77. The number of anilines is 1. The number of nitrogens with two attached hydrogens (primary N) is 1. The SMILES string of the molecule is COc1ncnc(C2CC2)c1-c1ncc2nc(NCc3ccc([S+](N)[O-])cn3)c(=O)n(CC3CCC3)c2n1. The van der Waals surface area contributed by atoms with E-state index in [1.165, 1.54) is 12.5 Å². The van der Waals surface area contributed by atoms with Crippen LogP contribution in [0.15, 0.2) is 40.5 Å². The zero-order chi connectivity index (χ0) is 26.2. The van der Waals surface area contributed by atoms with Crippen LogP contribution in [0.1, 0.15) is 49.4 Å². The lowest BCUT2D eigenvalue weighted by Crippen LogP contribution is -2.30. The molecule has 4 aromatic rings. The zero-order valence-corrected chi connectivity index (χ0v) is 21.6. The highest BCUT2D eigenvalue weighted by atomic mass is 32.2. The van der Waals surface area contributed by atoms with Crippen molar-refractivity contribution in [1.82, 2.24) is 34.5 Å². The molecule has 0 aromatic carbocycles. The number of nitrogens with zero attached hydrogens (tertiary/aromatic N) is 7. The molecule has 0 bridgehead atoms. The highest BCUT2D eigenvalue weighted by Crippen LogP contribution is 2.44. The predicted octanol–water partition coefficient (Wildman–Crippen LogP) is 2.32. The third-order valence-electron chi connectivity index (χ3n) is 7.04. The summed E-state index contributed by atoms with van der Waals surface area (Å²) < 4.78 is 18.6. The Morgan fingerprint density at radius 1 is 1.13 bits per heavy atom. The smallest absolute Gasteiger partial charge is 0.294 e. The molecule has 2 fully saturated rings. The molecule has 1 atom stereocenters. The number of rotatable bonds is 9. The van der Waals surface area contributed by atoms with Gasteiger partial charge >= 0.3 is 0 Å². The number of aromatic nitrogens is 7. The van der Waals surface area contributed by atoms with Crippen molar-refractivity contribution in [2.24, 2.45) is 11.1 Å². The van der Waals surface area contributed by atoms with E-state index >= 15 is 0 Å². The van der Waals surface area contributed by atoms with Crippen LogP contribution < -0.4 is 20.8 Å². The van der Waals surface area contributed by atoms with E-state index in [2.05, 4.69) is 30.2 Å². The van der Waals surface area contributed by atoms with Crippen LogP contribution in [0.25, 0.3) is 22.6 Å². The molecule has 0 radical (unpaired) electrons. The lowest BCUT2D eigenvalue weighted by molar-refractivity contribution is 0.276. The molecule has 2 aliphatic carbocycles. The summed E-state index contributed by atoms with van der Waals surface area (Å²) in [6, 6.07) is 3.36. The molecule has 2 saturated carbocycles. The number of ether oxygens (including phenoxy) is 1. The van der Waals surface area contributed by atoms with Crippen molar-refractivity contribution in [3.05, 3.63) is 52.6 Å². The van der Waals surface area contributed by atoms with Gasteiger partial charge in [-0.25, -0.2) is 24.9 Å². The van der Waals surface area contributed by atoms with Gasteiger partial charge in [-0.3, -0.25) is 14.3 Å².